The minimum Gasteiger partial charge on any atom is -0.352 e. The van der Waals surface area contributed by atoms with Gasteiger partial charge in [0.2, 0.25) is 5.91 Å². The lowest BCUT2D eigenvalue weighted by Crippen LogP contribution is -2.26. The van der Waals surface area contributed by atoms with E-state index in [4.69, 9.17) is 0 Å². The molecule has 3 amide bonds. The summed E-state index contributed by atoms with van der Waals surface area (Å²) in [6, 6.07) is 14.3. The van der Waals surface area contributed by atoms with Crippen LogP contribution in [0.4, 0.5) is 5.69 Å². The molecule has 27 heavy (non-hydrogen) atoms. The third kappa shape index (κ3) is 4.53. The molecule has 0 spiro atoms. The van der Waals surface area contributed by atoms with Crippen LogP contribution in [0, 0.1) is 0 Å². The average Bonchev–Trinajstić information content (AvgIpc) is 3.12. The van der Waals surface area contributed by atoms with Gasteiger partial charge in [-0.15, -0.1) is 0 Å². The summed E-state index contributed by atoms with van der Waals surface area (Å²) in [6.07, 6.45) is 1.40. The van der Waals surface area contributed by atoms with Crippen LogP contribution < -0.4 is 15.5 Å². The fourth-order valence-corrected chi connectivity index (χ4v) is 3.11. The Morgan fingerprint density at radius 3 is 2.41 bits per heavy atom. The number of carbonyl (C=O) groups excluding carboxylic acids is 3. The molecule has 1 heterocycles. The largest absolute Gasteiger partial charge is 0.352 e. The minimum atomic E-state index is -0.216. The minimum absolute atomic E-state index is 0.0923. The van der Waals surface area contributed by atoms with Crippen LogP contribution in [0.3, 0.4) is 0 Å². The summed E-state index contributed by atoms with van der Waals surface area (Å²) < 4.78 is 0. The predicted octanol–water partition coefficient (Wildman–Crippen LogP) is 2.49. The predicted molar refractivity (Wildman–Crippen MR) is 104 cm³/mol. The maximum atomic E-state index is 12.5. The molecule has 3 rings (SSSR count). The Labute approximate surface area is 158 Å². The van der Waals surface area contributed by atoms with Crippen molar-refractivity contribution in [3.8, 4) is 0 Å². The molecule has 0 radical (unpaired) electrons. The number of nitrogens with one attached hydrogen (secondary N) is 2. The Balaban J connectivity index is 1.65. The lowest BCUT2D eigenvalue weighted by Gasteiger charge is -2.16. The van der Waals surface area contributed by atoms with E-state index in [0.717, 1.165) is 17.7 Å². The van der Waals surface area contributed by atoms with Gasteiger partial charge in [-0.25, -0.2) is 0 Å². The van der Waals surface area contributed by atoms with Crippen molar-refractivity contribution in [2.45, 2.75) is 26.3 Å². The van der Waals surface area contributed by atoms with Crippen LogP contribution in [-0.2, 0) is 11.3 Å². The van der Waals surface area contributed by atoms with Crippen molar-refractivity contribution in [3.63, 3.8) is 0 Å². The first-order valence-corrected chi connectivity index (χ1v) is 9.14. The molecule has 1 saturated heterocycles. The number of carbonyl (C=O) groups is 3. The topological polar surface area (TPSA) is 78.5 Å². The van der Waals surface area contributed by atoms with E-state index in [1.54, 1.807) is 41.3 Å². The number of amides is 3. The molecule has 0 unspecified atom stereocenters. The zero-order chi connectivity index (χ0) is 19.2. The Bertz CT molecular complexity index is 863. The van der Waals surface area contributed by atoms with Crippen molar-refractivity contribution in [1.82, 2.24) is 10.6 Å². The molecular formula is C21H23N3O3. The van der Waals surface area contributed by atoms with Gasteiger partial charge in [0.05, 0.1) is 0 Å². The quantitative estimate of drug-likeness (QED) is 0.826. The van der Waals surface area contributed by atoms with Crippen molar-refractivity contribution < 1.29 is 14.4 Å². The van der Waals surface area contributed by atoms with Gasteiger partial charge >= 0.3 is 0 Å². The van der Waals surface area contributed by atoms with E-state index in [1.165, 1.54) is 0 Å². The first kappa shape index (κ1) is 18.6. The van der Waals surface area contributed by atoms with Gasteiger partial charge in [-0.3, -0.25) is 14.4 Å². The first-order chi connectivity index (χ1) is 13.1. The molecule has 1 fully saturated rings. The standard InChI is InChI=1S/C21H23N3O3/c1-2-22-20(26)16-7-3-6-15(12-16)14-23-21(27)17-8-4-9-18(13-17)24-11-5-10-19(24)25/h3-4,6-9,12-13H,2,5,10-11,14H2,1H3,(H,22,26)(H,23,27). The number of nitrogens with zero attached hydrogens (tertiary/aromatic N) is 1. The second kappa shape index (κ2) is 8.49. The molecular weight excluding hydrogens is 342 g/mol. The van der Waals surface area contributed by atoms with Crippen molar-refractivity contribution in [2.24, 2.45) is 0 Å². The van der Waals surface area contributed by atoms with Crippen LogP contribution in [0.25, 0.3) is 0 Å². The maximum Gasteiger partial charge on any atom is 0.251 e. The summed E-state index contributed by atoms with van der Waals surface area (Å²) in [5, 5.41) is 5.63. The van der Waals surface area contributed by atoms with Gasteiger partial charge in [0.15, 0.2) is 0 Å². The Kier molecular flexibility index (Phi) is 5.86. The van der Waals surface area contributed by atoms with E-state index in [1.807, 2.05) is 19.1 Å². The van der Waals surface area contributed by atoms with Gasteiger partial charge in [-0.05, 0) is 49.2 Å². The number of anilines is 1. The Hall–Kier alpha value is -3.15. The summed E-state index contributed by atoms with van der Waals surface area (Å²) in [5.74, 6) is -0.254. The highest BCUT2D eigenvalue weighted by atomic mass is 16.2. The number of hydrogen-bond donors (Lipinski definition) is 2. The molecule has 0 bridgehead atoms. The first-order valence-electron chi connectivity index (χ1n) is 9.14. The zero-order valence-corrected chi connectivity index (χ0v) is 15.3. The van der Waals surface area contributed by atoms with Crippen LogP contribution in [0.15, 0.2) is 48.5 Å². The lowest BCUT2D eigenvalue weighted by atomic mass is 10.1. The zero-order valence-electron chi connectivity index (χ0n) is 15.3. The number of hydrogen-bond acceptors (Lipinski definition) is 3. The molecule has 6 heteroatoms. The second-order valence-corrected chi connectivity index (χ2v) is 6.44. The van der Waals surface area contributed by atoms with Crippen LogP contribution in [-0.4, -0.2) is 30.8 Å². The van der Waals surface area contributed by atoms with E-state index in [9.17, 15) is 14.4 Å². The van der Waals surface area contributed by atoms with Crippen LogP contribution in [0.5, 0.6) is 0 Å². The molecule has 2 N–H and O–H groups in total. The van der Waals surface area contributed by atoms with Gasteiger partial charge in [0.25, 0.3) is 11.8 Å². The Morgan fingerprint density at radius 2 is 1.70 bits per heavy atom. The monoisotopic (exact) mass is 365 g/mol. The number of benzene rings is 2. The SMILES string of the molecule is CCNC(=O)c1cccc(CNC(=O)c2cccc(N3CCCC3=O)c2)c1. The van der Waals surface area contributed by atoms with Gasteiger partial charge in [0, 0.05) is 42.9 Å². The molecule has 1 aliphatic heterocycles. The average molecular weight is 365 g/mol. The second-order valence-electron chi connectivity index (χ2n) is 6.44. The summed E-state index contributed by atoms with van der Waals surface area (Å²) >= 11 is 0. The molecule has 0 saturated carbocycles. The van der Waals surface area contributed by atoms with Crippen LogP contribution >= 0.6 is 0 Å². The lowest BCUT2D eigenvalue weighted by molar-refractivity contribution is -0.117. The van der Waals surface area contributed by atoms with E-state index in [0.29, 0.717) is 37.2 Å². The van der Waals surface area contributed by atoms with Crippen molar-refractivity contribution in [1.29, 1.82) is 0 Å². The molecule has 6 nitrogen and oxygen atoms in total. The van der Waals surface area contributed by atoms with E-state index < -0.39 is 0 Å². The summed E-state index contributed by atoms with van der Waals surface area (Å²) in [7, 11) is 0. The summed E-state index contributed by atoms with van der Waals surface area (Å²) in [5.41, 5.74) is 2.67. The molecule has 0 aliphatic carbocycles. The summed E-state index contributed by atoms with van der Waals surface area (Å²) in [6.45, 7) is 3.44. The molecule has 0 aromatic heterocycles. The van der Waals surface area contributed by atoms with Crippen LogP contribution in [0.1, 0.15) is 46.0 Å². The fraction of sp³-hybridized carbons (Fsp3) is 0.286. The smallest absolute Gasteiger partial charge is 0.251 e. The molecule has 2 aromatic carbocycles. The van der Waals surface area contributed by atoms with Gasteiger partial charge < -0.3 is 15.5 Å². The number of rotatable bonds is 6. The molecule has 140 valence electrons. The highest BCUT2D eigenvalue weighted by molar-refractivity contribution is 5.99. The van der Waals surface area contributed by atoms with E-state index >= 15 is 0 Å². The Morgan fingerprint density at radius 1 is 1.00 bits per heavy atom. The van der Waals surface area contributed by atoms with Gasteiger partial charge in [-0.2, -0.15) is 0 Å². The molecule has 1 aliphatic rings. The van der Waals surface area contributed by atoms with E-state index in [2.05, 4.69) is 10.6 Å². The van der Waals surface area contributed by atoms with Gasteiger partial charge in [0.1, 0.15) is 0 Å². The fourth-order valence-electron chi connectivity index (χ4n) is 3.11. The van der Waals surface area contributed by atoms with Crippen molar-refractivity contribution in [3.05, 3.63) is 65.2 Å². The molecule has 0 atom stereocenters. The van der Waals surface area contributed by atoms with Crippen molar-refractivity contribution in [2.75, 3.05) is 18.0 Å². The highest BCUT2D eigenvalue weighted by Gasteiger charge is 2.22. The molecule has 2 aromatic rings. The maximum absolute atomic E-state index is 12.5. The van der Waals surface area contributed by atoms with Crippen LogP contribution in [0.2, 0.25) is 0 Å². The van der Waals surface area contributed by atoms with Gasteiger partial charge in [-0.1, -0.05) is 18.2 Å². The van der Waals surface area contributed by atoms with Crippen molar-refractivity contribution >= 4 is 23.4 Å². The highest BCUT2D eigenvalue weighted by Crippen LogP contribution is 2.22. The van der Waals surface area contributed by atoms with E-state index in [-0.39, 0.29) is 17.7 Å². The normalized spacial score (nSPS) is 13.5. The third-order valence-corrected chi connectivity index (χ3v) is 4.47. The summed E-state index contributed by atoms with van der Waals surface area (Å²) in [4.78, 5) is 38.0. The third-order valence-electron chi connectivity index (χ3n) is 4.47.